The molecule has 12 heavy (non-hydrogen) atoms. The molecule has 0 aromatic rings. The Balaban J connectivity index is 2.83. The van der Waals surface area contributed by atoms with E-state index in [9.17, 15) is 4.57 Å². The maximum atomic E-state index is 11.8. The van der Waals surface area contributed by atoms with Gasteiger partial charge in [0, 0.05) is 17.0 Å². The highest BCUT2D eigenvalue weighted by molar-refractivity contribution is 7.62. The molecule has 0 bridgehead atoms. The Kier molecular flexibility index (Phi) is 3.16. The molecule has 0 N–H and O–H groups in total. The van der Waals surface area contributed by atoms with Crippen molar-refractivity contribution in [3.05, 3.63) is 22.5 Å². The van der Waals surface area contributed by atoms with Crippen LogP contribution in [-0.4, -0.2) is 12.8 Å². The Labute approximate surface area is 77.7 Å². The molecule has 68 valence electrons. The van der Waals surface area contributed by atoms with E-state index >= 15 is 0 Å². The van der Waals surface area contributed by atoms with Crippen molar-refractivity contribution < 1.29 is 9.09 Å². The molecule has 1 unspecified atom stereocenters. The Hall–Kier alpha value is -0.0400. The molecule has 2 nitrogen and oxygen atoms in total. The summed E-state index contributed by atoms with van der Waals surface area (Å²) in [5, 5.41) is 0.682. The monoisotopic (exact) mass is 206 g/mol. The molecule has 0 radical (unpaired) electrons. The number of allylic oxidation sites excluding steroid dienone is 3. The fraction of sp³-hybridized carbons (Fsp3) is 0.500. The van der Waals surface area contributed by atoms with Gasteiger partial charge < -0.3 is 4.52 Å². The van der Waals surface area contributed by atoms with Crippen molar-refractivity contribution in [3.8, 4) is 0 Å². The van der Waals surface area contributed by atoms with Gasteiger partial charge in [0.1, 0.15) is 0 Å². The lowest BCUT2D eigenvalue weighted by Crippen LogP contribution is -1.96. The van der Waals surface area contributed by atoms with E-state index in [0.717, 1.165) is 5.57 Å². The van der Waals surface area contributed by atoms with Gasteiger partial charge in [0.15, 0.2) is 0 Å². The van der Waals surface area contributed by atoms with Crippen LogP contribution >= 0.6 is 19.0 Å². The van der Waals surface area contributed by atoms with E-state index in [1.54, 1.807) is 11.9 Å². The van der Waals surface area contributed by atoms with Crippen molar-refractivity contribution in [2.45, 2.75) is 13.8 Å². The summed E-state index contributed by atoms with van der Waals surface area (Å²) < 4.78 is 17.0. The number of halogens is 1. The minimum Gasteiger partial charge on any atom is -0.326 e. The first-order chi connectivity index (χ1) is 5.57. The quantitative estimate of drug-likeness (QED) is 0.648. The second-order valence-corrected chi connectivity index (χ2v) is 5.43. The molecule has 0 aromatic heterocycles. The molecule has 0 fully saturated rings. The van der Waals surface area contributed by atoms with E-state index < -0.39 is 7.37 Å². The first kappa shape index (κ1) is 10.0. The second kappa shape index (κ2) is 3.78. The van der Waals surface area contributed by atoms with Gasteiger partial charge in [0.05, 0.1) is 6.61 Å². The van der Waals surface area contributed by atoms with Gasteiger partial charge in [-0.25, -0.2) is 0 Å². The summed E-state index contributed by atoms with van der Waals surface area (Å²) in [7, 11) is -2.53. The predicted molar refractivity (Wildman–Crippen MR) is 51.8 cm³/mol. The van der Waals surface area contributed by atoms with Crippen LogP contribution in [-0.2, 0) is 9.09 Å². The molecule has 1 atom stereocenters. The van der Waals surface area contributed by atoms with E-state index in [4.69, 9.17) is 16.1 Å². The van der Waals surface area contributed by atoms with Crippen LogP contribution in [0.2, 0.25) is 0 Å². The molecule has 0 spiro atoms. The zero-order valence-electron chi connectivity index (χ0n) is 7.21. The van der Waals surface area contributed by atoms with E-state index in [0.29, 0.717) is 17.8 Å². The normalized spacial score (nSPS) is 29.6. The van der Waals surface area contributed by atoms with E-state index in [2.05, 4.69) is 0 Å². The number of rotatable bonds is 2. The largest absolute Gasteiger partial charge is 0.326 e. The zero-order chi connectivity index (χ0) is 9.19. The highest BCUT2D eigenvalue weighted by Crippen LogP contribution is 2.52. The highest BCUT2D eigenvalue weighted by atomic mass is 35.5. The maximum absolute atomic E-state index is 11.8. The van der Waals surface area contributed by atoms with Crippen molar-refractivity contribution in [1.29, 1.82) is 0 Å². The summed E-state index contributed by atoms with van der Waals surface area (Å²) in [4.78, 5) is 0. The number of hydrogen-bond donors (Lipinski definition) is 0. The van der Waals surface area contributed by atoms with Crippen LogP contribution < -0.4 is 0 Å². The summed E-state index contributed by atoms with van der Waals surface area (Å²) in [5.74, 6) is 1.65. The molecule has 0 saturated carbocycles. The van der Waals surface area contributed by atoms with E-state index in [-0.39, 0.29) is 0 Å². The van der Waals surface area contributed by atoms with Gasteiger partial charge in [-0.15, -0.1) is 0 Å². The zero-order valence-corrected chi connectivity index (χ0v) is 8.86. The smallest absolute Gasteiger partial charge is 0.229 e. The van der Waals surface area contributed by atoms with Crippen LogP contribution in [0.3, 0.4) is 0 Å². The fourth-order valence-corrected chi connectivity index (χ4v) is 3.29. The third kappa shape index (κ3) is 2.22. The van der Waals surface area contributed by atoms with Gasteiger partial charge in [0.2, 0.25) is 7.37 Å². The fourth-order valence-electron chi connectivity index (χ4n) is 1.09. The lowest BCUT2D eigenvalue weighted by Gasteiger charge is -2.17. The first-order valence-corrected chi connectivity index (χ1v) is 6.12. The maximum Gasteiger partial charge on any atom is 0.229 e. The SMILES string of the molecule is CCOP1(=O)C=C(C)C(Cl)=CC1. The standard InChI is InChI=1S/C8H12ClO2P/c1-3-11-12(10)5-4-8(9)7(2)6-12/h4,6H,3,5H2,1-2H3. The van der Waals surface area contributed by atoms with Crippen LogP contribution in [0.5, 0.6) is 0 Å². The van der Waals surface area contributed by atoms with Crippen molar-refractivity contribution in [1.82, 2.24) is 0 Å². The van der Waals surface area contributed by atoms with Gasteiger partial charge in [-0.3, -0.25) is 4.57 Å². The third-order valence-corrected chi connectivity index (χ3v) is 4.26. The average Bonchev–Trinajstić information content (AvgIpc) is 1.98. The Morgan fingerprint density at radius 1 is 1.75 bits per heavy atom. The van der Waals surface area contributed by atoms with Crippen LogP contribution in [0.25, 0.3) is 0 Å². The Bertz CT molecular complexity index is 281. The van der Waals surface area contributed by atoms with Crippen LogP contribution in [0.15, 0.2) is 22.5 Å². The van der Waals surface area contributed by atoms with Crippen LogP contribution in [0, 0.1) is 0 Å². The van der Waals surface area contributed by atoms with Crippen LogP contribution in [0.1, 0.15) is 13.8 Å². The summed E-state index contributed by atoms with van der Waals surface area (Å²) in [6, 6.07) is 0. The third-order valence-electron chi connectivity index (χ3n) is 1.64. The number of hydrogen-bond acceptors (Lipinski definition) is 2. The van der Waals surface area contributed by atoms with Gasteiger partial charge in [0.25, 0.3) is 0 Å². The van der Waals surface area contributed by atoms with Crippen LogP contribution in [0.4, 0.5) is 0 Å². The molecule has 0 aromatic carbocycles. The van der Waals surface area contributed by atoms with Crippen molar-refractivity contribution in [2.75, 3.05) is 12.8 Å². The molecule has 0 amide bonds. The summed E-state index contributed by atoms with van der Waals surface area (Å²) in [6.45, 7) is 4.15. The van der Waals surface area contributed by atoms with Gasteiger partial charge in [-0.1, -0.05) is 17.7 Å². The second-order valence-electron chi connectivity index (χ2n) is 2.69. The lowest BCUT2D eigenvalue weighted by molar-refractivity contribution is 0.341. The predicted octanol–water partition coefficient (Wildman–Crippen LogP) is 3.34. The molecule has 1 aliphatic rings. The van der Waals surface area contributed by atoms with E-state index in [1.165, 1.54) is 0 Å². The van der Waals surface area contributed by atoms with Crippen molar-refractivity contribution >= 4 is 19.0 Å². The highest BCUT2D eigenvalue weighted by Gasteiger charge is 2.22. The van der Waals surface area contributed by atoms with Gasteiger partial charge in [-0.05, 0) is 19.4 Å². The molecule has 1 aliphatic heterocycles. The summed E-state index contributed by atoms with van der Waals surface area (Å²) >= 11 is 5.81. The van der Waals surface area contributed by atoms with E-state index in [1.807, 2.05) is 13.8 Å². The average molecular weight is 207 g/mol. The first-order valence-electron chi connectivity index (χ1n) is 3.86. The lowest BCUT2D eigenvalue weighted by atomic mass is 10.3. The molecular formula is C8H12ClO2P. The topological polar surface area (TPSA) is 26.3 Å². The molecule has 1 heterocycles. The summed E-state index contributed by atoms with van der Waals surface area (Å²) in [6.07, 6.45) is 2.18. The molecule has 0 aliphatic carbocycles. The molecular weight excluding hydrogens is 195 g/mol. The van der Waals surface area contributed by atoms with Crippen molar-refractivity contribution in [2.24, 2.45) is 0 Å². The Morgan fingerprint density at radius 2 is 2.42 bits per heavy atom. The summed E-state index contributed by atoms with van der Waals surface area (Å²) in [5.41, 5.74) is 0.847. The van der Waals surface area contributed by atoms with Gasteiger partial charge in [-0.2, -0.15) is 0 Å². The van der Waals surface area contributed by atoms with Crippen molar-refractivity contribution in [3.63, 3.8) is 0 Å². The Morgan fingerprint density at radius 3 is 2.92 bits per heavy atom. The molecule has 1 rings (SSSR count). The molecule has 4 heteroatoms. The minimum atomic E-state index is -2.53. The van der Waals surface area contributed by atoms with Gasteiger partial charge >= 0.3 is 0 Å². The minimum absolute atomic E-state index is 0.428. The molecule has 0 saturated heterocycles.